The lowest BCUT2D eigenvalue weighted by atomic mass is 9.96. The highest BCUT2D eigenvalue weighted by Crippen LogP contribution is 2.33. The fourth-order valence-corrected chi connectivity index (χ4v) is 4.01. The maximum Gasteiger partial charge on any atom is 0.258 e. The molecule has 0 radical (unpaired) electrons. The average molecular weight is 397 g/mol. The van der Waals surface area contributed by atoms with Gasteiger partial charge in [-0.05, 0) is 52.2 Å². The van der Waals surface area contributed by atoms with Gasteiger partial charge in [0.2, 0.25) is 5.91 Å². The van der Waals surface area contributed by atoms with Crippen molar-refractivity contribution in [1.82, 2.24) is 14.9 Å². The van der Waals surface area contributed by atoms with Crippen LogP contribution in [0.5, 0.6) is 5.75 Å². The second-order valence-electron chi connectivity index (χ2n) is 7.54. The van der Waals surface area contributed by atoms with Gasteiger partial charge in [-0.3, -0.25) is 9.59 Å². The molecular weight excluding hydrogens is 378 g/mol. The highest BCUT2D eigenvalue weighted by molar-refractivity contribution is 5.99. The number of carbonyl (C=O) groups excluding carboxylic acids is 1. The number of aromatic hydroxyl groups is 1. The molecule has 0 atom stereocenters. The maximum atomic E-state index is 12.8. The number of likely N-dealkylation sites (tertiary alicyclic amines) is 1. The first-order valence-corrected chi connectivity index (χ1v) is 9.71. The van der Waals surface area contributed by atoms with Gasteiger partial charge in [-0.1, -0.05) is 36.9 Å². The zero-order chi connectivity index (χ0) is 20.8. The zero-order valence-electron chi connectivity index (χ0n) is 16.1. The summed E-state index contributed by atoms with van der Waals surface area (Å²) in [6, 6.07) is 16.8. The monoisotopic (exact) mass is 397 g/mol. The van der Waals surface area contributed by atoms with Crippen molar-refractivity contribution in [3.8, 4) is 16.9 Å². The summed E-state index contributed by atoms with van der Waals surface area (Å²) in [6.45, 7) is 4.53. The summed E-state index contributed by atoms with van der Waals surface area (Å²) in [5.41, 5.74) is 2.08. The van der Waals surface area contributed by atoms with E-state index in [1.807, 2.05) is 36.4 Å². The number of carbonyl (C=O) groups is 1. The molecule has 2 heterocycles. The first-order valence-electron chi connectivity index (χ1n) is 9.71. The predicted molar refractivity (Wildman–Crippen MR) is 116 cm³/mol. The molecule has 1 aromatic heterocycles. The Morgan fingerprint density at radius 3 is 2.73 bits per heavy atom. The van der Waals surface area contributed by atoms with E-state index in [-0.39, 0.29) is 23.1 Å². The van der Waals surface area contributed by atoms with E-state index in [0.717, 1.165) is 21.9 Å². The molecule has 0 saturated carbocycles. The second kappa shape index (κ2) is 6.84. The predicted octanol–water partition coefficient (Wildman–Crippen LogP) is 3.56. The molecule has 4 aromatic rings. The number of aromatic nitrogens is 2. The number of aromatic amines is 1. The van der Waals surface area contributed by atoms with Gasteiger partial charge >= 0.3 is 0 Å². The van der Waals surface area contributed by atoms with Gasteiger partial charge in [-0.2, -0.15) is 0 Å². The summed E-state index contributed by atoms with van der Waals surface area (Å²) < 4.78 is 0. The van der Waals surface area contributed by atoms with Gasteiger partial charge in [0, 0.05) is 13.1 Å². The molecule has 148 valence electrons. The molecule has 0 unspecified atom stereocenters. The largest absolute Gasteiger partial charge is 0.508 e. The number of nitrogens with one attached hydrogen (secondary N) is 1. The fraction of sp³-hybridized carbons (Fsp3) is 0.125. The Kier molecular flexibility index (Phi) is 4.13. The Bertz CT molecular complexity index is 1380. The van der Waals surface area contributed by atoms with Crippen molar-refractivity contribution < 1.29 is 9.90 Å². The van der Waals surface area contributed by atoms with E-state index >= 15 is 0 Å². The number of nitrogens with zero attached hydrogens (tertiary/aromatic N) is 2. The standard InChI is InChI=1S/C24H19N3O3/c1-2-22(29)27-12-16(13-27)23-25-21-8-7-15(10-20(21)24(30)26-23)19-11-17(28)9-14-5-3-4-6-18(14)19/h2-11,16,28H,1,12-13H2,(H,25,26,30). The van der Waals surface area contributed by atoms with Gasteiger partial charge in [0.25, 0.3) is 5.56 Å². The molecule has 1 aliphatic heterocycles. The van der Waals surface area contributed by atoms with Crippen molar-refractivity contribution in [3.05, 3.63) is 83.4 Å². The highest BCUT2D eigenvalue weighted by atomic mass is 16.3. The summed E-state index contributed by atoms with van der Waals surface area (Å²) in [5.74, 6) is 0.670. The smallest absolute Gasteiger partial charge is 0.258 e. The van der Waals surface area contributed by atoms with E-state index in [0.29, 0.717) is 29.8 Å². The van der Waals surface area contributed by atoms with Crippen molar-refractivity contribution in [2.75, 3.05) is 13.1 Å². The summed E-state index contributed by atoms with van der Waals surface area (Å²) in [6.07, 6.45) is 1.29. The van der Waals surface area contributed by atoms with Crippen LogP contribution in [0.4, 0.5) is 0 Å². The Morgan fingerprint density at radius 2 is 1.93 bits per heavy atom. The zero-order valence-corrected chi connectivity index (χ0v) is 16.1. The molecule has 0 aliphatic carbocycles. The van der Waals surface area contributed by atoms with Crippen LogP contribution in [0.1, 0.15) is 11.7 Å². The SMILES string of the molecule is C=CC(=O)N1CC(c2nc3ccc(-c4cc(O)cc5ccccc45)cc3c(=O)[nH]2)C1. The van der Waals surface area contributed by atoms with Crippen molar-refractivity contribution in [2.45, 2.75) is 5.92 Å². The van der Waals surface area contributed by atoms with Crippen LogP contribution in [-0.4, -0.2) is 39.0 Å². The van der Waals surface area contributed by atoms with Crippen LogP contribution in [0.2, 0.25) is 0 Å². The number of benzene rings is 3. The topological polar surface area (TPSA) is 86.3 Å². The Morgan fingerprint density at radius 1 is 1.13 bits per heavy atom. The highest BCUT2D eigenvalue weighted by Gasteiger charge is 2.32. The minimum Gasteiger partial charge on any atom is -0.508 e. The first kappa shape index (κ1) is 18.1. The van der Waals surface area contributed by atoms with E-state index in [9.17, 15) is 14.7 Å². The van der Waals surface area contributed by atoms with Crippen LogP contribution in [0.3, 0.4) is 0 Å². The fourth-order valence-electron chi connectivity index (χ4n) is 4.01. The molecule has 3 aromatic carbocycles. The third-order valence-electron chi connectivity index (χ3n) is 5.64. The molecule has 0 bridgehead atoms. The minimum atomic E-state index is -0.213. The minimum absolute atomic E-state index is 0.0145. The summed E-state index contributed by atoms with van der Waals surface area (Å²) in [7, 11) is 0. The number of fused-ring (bicyclic) bond motifs is 2. The third-order valence-corrected chi connectivity index (χ3v) is 5.64. The normalized spacial score (nSPS) is 14.1. The van der Waals surface area contributed by atoms with Gasteiger partial charge < -0.3 is 15.0 Å². The Balaban J connectivity index is 1.55. The molecule has 2 N–H and O–H groups in total. The van der Waals surface area contributed by atoms with E-state index in [2.05, 4.69) is 16.5 Å². The van der Waals surface area contributed by atoms with Crippen molar-refractivity contribution >= 4 is 27.6 Å². The third kappa shape index (κ3) is 2.93. The molecule has 6 heteroatoms. The number of hydrogen-bond acceptors (Lipinski definition) is 4. The molecule has 1 amide bonds. The van der Waals surface area contributed by atoms with Crippen LogP contribution < -0.4 is 5.56 Å². The van der Waals surface area contributed by atoms with E-state index < -0.39 is 0 Å². The molecule has 1 fully saturated rings. The molecule has 1 aliphatic rings. The van der Waals surface area contributed by atoms with E-state index in [4.69, 9.17) is 0 Å². The molecule has 0 spiro atoms. The average Bonchev–Trinajstić information content (AvgIpc) is 2.71. The van der Waals surface area contributed by atoms with Gasteiger partial charge in [0.1, 0.15) is 11.6 Å². The van der Waals surface area contributed by atoms with Gasteiger partial charge in [-0.25, -0.2) is 4.98 Å². The van der Waals surface area contributed by atoms with Gasteiger partial charge in [0.15, 0.2) is 0 Å². The summed E-state index contributed by atoms with van der Waals surface area (Å²) in [4.78, 5) is 33.6. The molecule has 1 saturated heterocycles. The quantitative estimate of drug-likeness (QED) is 0.518. The lowest BCUT2D eigenvalue weighted by Crippen LogP contribution is -2.48. The van der Waals surface area contributed by atoms with Crippen LogP contribution in [-0.2, 0) is 4.79 Å². The lowest BCUT2D eigenvalue weighted by Gasteiger charge is -2.37. The van der Waals surface area contributed by atoms with Crippen molar-refractivity contribution in [2.24, 2.45) is 0 Å². The first-order chi connectivity index (χ1) is 14.5. The van der Waals surface area contributed by atoms with Crippen LogP contribution >= 0.6 is 0 Å². The van der Waals surface area contributed by atoms with Crippen molar-refractivity contribution in [1.29, 1.82) is 0 Å². The van der Waals surface area contributed by atoms with E-state index in [1.54, 1.807) is 23.1 Å². The van der Waals surface area contributed by atoms with Crippen molar-refractivity contribution in [3.63, 3.8) is 0 Å². The van der Waals surface area contributed by atoms with Gasteiger partial charge in [-0.15, -0.1) is 0 Å². The van der Waals surface area contributed by atoms with E-state index in [1.165, 1.54) is 6.08 Å². The lowest BCUT2D eigenvalue weighted by molar-refractivity contribution is -0.130. The number of phenols is 1. The number of hydrogen-bond donors (Lipinski definition) is 2. The number of H-pyrrole nitrogens is 1. The molecule has 6 nitrogen and oxygen atoms in total. The molecular formula is C24H19N3O3. The number of rotatable bonds is 3. The summed E-state index contributed by atoms with van der Waals surface area (Å²) in [5, 5.41) is 12.5. The molecule has 5 rings (SSSR count). The second-order valence-corrected chi connectivity index (χ2v) is 7.54. The molecule has 30 heavy (non-hydrogen) atoms. The Hall–Kier alpha value is -3.93. The van der Waals surface area contributed by atoms with Crippen LogP contribution in [0.25, 0.3) is 32.8 Å². The van der Waals surface area contributed by atoms with Gasteiger partial charge in [0.05, 0.1) is 16.8 Å². The number of amides is 1. The maximum absolute atomic E-state index is 12.8. The van der Waals surface area contributed by atoms with Crippen LogP contribution in [0, 0.1) is 0 Å². The Labute approximate surface area is 172 Å². The summed E-state index contributed by atoms with van der Waals surface area (Å²) >= 11 is 0. The van der Waals surface area contributed by atoms with Crippen LogP contribution in [0.15, 0.2) is 72.0 Å². The number of phenolic OH excluding ortho intramolecular Hbond substituents is 1.